The predicted octanol–water partition coefficient (Wildman–Crippen LogP) is 4.51. The average molecular weight is 338 g/mol. The Balaban J connectivity index is 1.80. The molecule has 0 aliphatic rings. The van der Waals surface area contributed by atoms with Gasteiger partial charge >= 0.3 is 0 Å². The Morgan fingerprint density at radius 2 is 1.89 bits per heavy atom. The lowest BCUT2D eigenvalue weighted by Gasteiger charge is -2.08. The average Bonchev–Trinajstić information content (AvgIpc) is 2.40. The minimum absolute atomic E-state index is 0.666. The first-order valence-corrected chi connectivity index (χ1v) is 7.80. The van der Waals surface area contributed by atoms with E-state index in [0.717, 1.165) is 26.6 Å². The zero-order valence-electron chi connectivity index (χ0n) is 10.7. The Morgan fingerprint density at radius 3 is 2.63 bits per heavy atom. The van der Waals surface area contributed by atoms with E-state index in [0.29, 0.717) is 6.61 Å². The lowest BCUT2D eigenvalue weighted by Crippen LogP contribution is -2.00. The van der Waals surface area contributed by atoms with Crippen molar-refractivity contribution in [2.75, 3.05) is 18.1 Å². The van der Waals surface area contributed by atoms with Crippen molar-refractivity contribution in [1.82, 2.24) is 0 Å². The van der Waals surface area contributed by atoms with Crippen LogP contribution in [-0.2, 0) is 0 Å². The normalized spacial score (nSPS) is 10.4. The van der Waals surface area contributed by atoms with Gasteiger partial charge in [-0.3, -0.25) is 0 Å². The number of ether oxygens (including phenoxy) is 1. The Hall–Kier alpha value is -1.13. The molecule has 19 heavy (non-hydrogen) atoms. The molecular formula is C15H16BrNOS. The molecule has 2 aromatic rings. The highest BCUT2D eigenvalue weighted by atomic mass is 79.9. The summed E-state index contributed by atoms with van der Waals surface area (Å²) in [7, 11) is 0. The minimum Gasteiger partial charge on any atom is -0.493 e. The first-order chi connectivity index (χ1) is 9.15. The third-order valence-electron chi connectivity index (χ3n) is 2.61. The van der Waals surface area contributed by atoms with Crippen LogP contribution in [0.5, 0.6) is 5.75 Å². The minimum atomic E-state index is 0.666. The van der Waals surface area contributed by atoms with Crippen molar-refractivity contribution in [3.63, 3.8) is 0 Å². The van der Waals surface area contributed by atoms with Crippen molar-refractivity contribution in [2.24, 2.45) is 0 Å². The maximum Gasteiger partial charge on any atom is 0.119 e. The molecule has 0 amide bonds. The summed E-state index contributed by atoms with van der Waals surface area (Å²) in [5.41, 5.74) is 7.97. The molecular weight excluding hydrogens is 322 g/mol. The van der Waals surface area contributed by atoms with E-state index in [1.165, 1.54) is 5.56 Å². The van der Waals surface area contributed by atoms with Gasteiger partial charge in [0.15, 0.2) is 0 Å². The molecule has 2 N–H and O–H groups in total. The molecule has 0 atom stereocenters. The van der Waals surface area contributed by atoms with Crippen LogP contribution in [0.4, 0.5) is 5.69 Å². The van der Waals surface area contributed by atoms with E-state index in [1.54, 1.807) is 11.8 Å². The lowest BCUT2D eigenvalue weighted by atomic mass is 10.2. The van der Waals surface area contributed by atoms with Crippen molar-refractivity contribution >= 4 is 33.4 Å². The SMILES string of the molecule is Cc1ccc(OCCSc2cc(Br)ccc2N)cc1. The maximum atomic E-state index is 5.92. The van der Waals surface area contributed by atoms with E-state index in [1.807, 2.05) is 30.3 Å². The number of nitrogen functional groups attached to an aromatic ring is 1. The highest BCUT2D eigenvalue weighted by Gasteiger charge is 2.01. The van der Waals surface area contributed by atoms with Crippen LogP contribution in [-0.4, -0.2) is 12.4 Å². The van der Waals surface area contributed by atoms with Crippen LogP contribution in [0.3, 0.4) is 0 Å². The quantitative estimate of drug-likeness (QED) is 0.495. The van der Waals surface area contributed by atoms with Gasteiger partial charge in [-0.15, -0.1) is 11.8 Å². The first-order valence-electron chi connectivity index (χ1n) is 6.02. The van der Waals surface area contributed by atoms with Gasteiger partial charge in [0.1, 0.15) is 5.75 Å². The Bertz CT molecular complexity index is 542. The van der Waals surface area contributed by atoms with Crippen molar-refractivity contribution < 1.29 is 4.74 Å². The number of aryl methyl sites for hydroxylation is 1. The fraction of sp³-hybridized carbons (Fsp3) is 0.200. The number of rotatable bonds is 5. The summed E-state index contributed by atoms with van der Waals surface area (Å²) in [5.74, 6) is 1.78. The second-order valence-electron chi connectivity index (χ2n) is 4.19. The van der Waals surface area contributed by atoms with Crippen LogP contribution in [0.2, 0.25) is 0 Å². The number of thioether (sulfide) groups is 1. The van der Waals surface area contributed by atoms with Gasteiger partial charge in [0.25, 0.3) is 0 Å². The molecule has 0 heterocycles. The standard InChI is InChI=1S/C15H16BrNOS/c1-11-2-5-13(6-3-11)18-8-9-19-15-10-12(16)4-7-14(15)17/h2-7,10H,8-9,17H2,1H3. The van der Waals surface area contributed by atoms with Gasteiger partial charge in [0.2, 0.25) is 0 Å². The summed E-state index contributed by atoms with van der Waals surface area (Å²) in [6.07, 6.45) is 0. The predicted molar refractivity (Wildman–Crippen MR) is 86.0 cm³/mol. The number of nitrogens with two attached hydrogens (primary N) is 1. The molecule has 0 aromatic heterocycles. The molecule has 0 aliphatic heterocycles. The van der Waals surface area contributed by atoms with Crippen LogP contribution < -0.4 is 10.5 Å². The van der Waals surface area contributed by atoms with Gasteiger partial charge in [-0.05, 0) is 37.3 Å². The van der Waals surface area contributed by atoms with E-state index >= 15 is 0 Å². The van der Waals surface area contributed by atoms with Gasteiger partial charge in [-0.25, -0.2) is 0 Å². The Morgan fingerprint density at radius 1 is 1.16 bits per heavy atom. The molecule has 2 rings (SSSR count). The molecule has 0 saturated heterocycles. The smallest absolute Gasteiger partial charge is 0.119 e. The van der Waals surface area contributed by atoms with Crippen LogP contribution in [0.25, 0.3) is 0 Å². The lowest BCUT2D eigenvalue weighted by molar-refractivity contribution is 0.344. The topological polar surface area (TPSA) is 35.2 Å². The highest BCUT2D eigenvalue weighted by Crippen LogP contribution is 2.28. The molecule has 0 bridgehead atoms. The molecule has 0 radical (unpaired) electrons. The van der Waals surface area contributed by atoms with Crippen molar-refractivity contribution in [2.45, 2.75) is 11.8 Å². The number of anilines is 1. The zero-order valence-corrected chi connectivity index (χ0v) is 13.1. The molecule has 2 aromatic carbocycles. The molecule has 0 aliphatic carbocycles. The zero-order chi connectivity index (χ0) is 13.7. The molecule has 0 spiro atoms. The number of halogens is 1. The maximum absolute atomic E-state index is 5.92. The summed E-state index contributed by atoms with van der Waals surface area (Å²) in [5, 5.41) is 0. The molecule has 0 fully saturated rings. The van der Waals surface area contributed by atoms with Crippen molar-refractivity contribution in [3.8, 4) is 5.75 Å². The molecule has 0 unspecified atom stereocenters. The molecule has 0 saturated carbocycles. The summed E-state index contributed by atoms with van der Waals surface area (Å²) in [4.78, 5) is 1.09. The van der Waals surface area contributed by atoms with Crippen molar-refractivity contribution in [1.29, 1.82) is 0 Å². The molecule has 4 heteroatoms. The van der Waals surface area contributed by atoms with E-state index in [2.05, 4.69) is 35.0 Å². The van der Waals surface area contributed by atoms with Crippen LogP contribution in [0.15, 0.2) is 51.8 Å². The Labute approximate surface area is 126 Å². The van der Waals surface area contributed by atoms with Gasteiger partial charge < -0.3 is 10.5 Å². The number of hydrogen-bond donors (Lipinski definition) is 1. The second-order valence-corrected chi connectivity index (χ2v) is 6.24. The van der Waals surface area contributed by atoms with Crippen molar-refractivity contribution in [3.05, 3.63) is 52.5 Å². The van der Waals surface area contributed by atoms with E-state index < -0.39 is 0 Å². The molecule has 100 valence electrons. The fourth-order valence-corrected chi connectivity index (χ4v) is 2.92. The van der Waals surface area contributed by atoms with E-state index in [-0.39, 0.29) is 0 Å². The first kappa shape index (κ1) is 14.3. The van der Waals surface area contributed by atoms with Gasteiger partial charge in [0.05, 0.1) is 6.61 Å². The third-order valence-corrected chi connectivity index (χ3v) is 4.13. The summed E-state index contributed by atoms with van der Waals surface area (Å²) in [6, 6.07) is 14.0. The Kier molecular flexibility index (Phi) is 5.16. The summed E-state index contributed by atoms with van der Waals surface area (Å²) < 4.78 is 6.72. The van der Waals surface area contributed by atoms with Crippen LogP contribution >= 0.6 is 27.7 Å². The van der Waals surface area contributed by atoms with Gasteiger partial charge in [-0.1, -0.05) is 33.6 Å². The van der Waals surface area contributed by atoms with Crippen LogP contribution in [0, 0.1) is 6.92 Å². The largest absolute Gasteiger partial charge is 0.493 e. The summed E-state index contributed by atoms with van der Waals surface area (Å²) >= 11 is 5.15. The summed E-state index contributed by atoms with van der Waals surface area (Å²) in [6.45, 7) is 2.73. The fourth-order valence-electron chi connectivity index (χ4n) is 1.58. The van der Waals surface area contributed by atoms with Gasteiger partial charge in [0, 0.05) is 20.8 Å². The van der Waals surface area contributed by atoms with Gasteiger partial charge in [-0.2, -0.15) is 0 Å². The second kappa shape index (κ2) is 6.87. The molecule has 2 nitrogen and oxygen atoms in total. The van der Waals surface area contributed by atoms with E-state index in [4.69, 9.17) is 10.5 Å². The van der Waals surface area contributed by atoms with Crippen LogP contribution in [0.1, 0.15) is 5.56 Å². The number of benzene rings is 2. The number of hydrogen-bond acceptors (Lipinski definition) is 3. The van der Waals surface area contributed by atoms with E-state index in [9.17, 15) is 0 Å². The highest BCUT2D eigenvalue weighted by molar-refractivity contribution is 9.10. The monoisotopic (exact) mass is 337 g/mol. The third kappa shape index (κ3) is 4.48.